The molecule has 5 nitrogen and oxygen atoms in total. The number of aromatic nitrogens is 2. The third-order valence-electron chi connectivity index (χ3n) is 1.63. The van der Waals surface area contributed by atoms with Gasteiger partial charge in [-0.1, -0.05) is 6.92 Å². The highest BCUT2D eigenvalue weighted by atomic mass is 16.5. The molecular weight excluding hydrogens is 160 g/mol. The number of carbonyl (C=O) groups is 1. The zero-order valence-corrected chi connectivity index (χ0v) is 6.94. The van der Waals surface area contributed by atoms with E-state index in [-0.39, 0.29) is 12.3 Å². The van der Waals surface area contributed by atoms with Crippen LogP contribution in [0.1, 0.15) is 30.7 Å². The molecule has 1 aromatic rings. The Morgan fingerprint density at radius 3 is 2.83 bits per heavy atom. The lowest BCUT2D eigenvalue weighted by Gasteiger charge is -2.02. The molecule has 1 heterocycles. The van der Waals surface area contributed by atoms with Crippen molar-refractivity contribution in [2.75, 3.05) is 0 Å². The zero-order chi connectivity index (χ0) is 9.14. The van der Waals surface area contributed by atoms with Gasteiger partial charge in [0.15, 0.2) is 5.76 Å². The molecule has 0 saturated heterocycles. The SMILES string of the molecule is Cc1onnc1C(C)CC(=O)O. The first-order valence-corrected chi connectivity index (χ1v) is 3.62. The lowest BCUT2D eigenvalue weighted by Crippen LogP contribution is -2.04. The van der Waals surface area contributed by atoms with Crippen molar-refractivity contribution >= 4 is 5.97 Å². The van der Waals surface area contributed by atoms with Crippen LogP contribution in [0.5, 0.6) is 0 Å². The first kappa shape index (κ1) is 8.70. The Morgan fingerprint density at radius 1 is 1.75 bits per heavy atom. The van der Waals surface area contributed by atoms with Crippen LogP contribution in [0.2, 0.25) is 0 Å². The van der Waals surface area contributed by atoms with Crippen LogP contribution in [0.4, 0.5) is 0 Å². The fraction of sp³-hybridized carbons (Fsp3) is 0.571. The molecule has 1 atom stereocenters. The van der Waals surface area contributed by atoms with Crippen LogP contribution in [-0.2, 0) is 4.79 Å². The Balaban J connectivity index is 2.71. The van der Waals surface area contributed by atoms with E-state index in [2.05, 4.69) is 10.4 Å². The Bertz CT molecular complexity index is 282. The normalized spacial score (nSPS) is 12.8. The van der Waals surface area contributed by atoms with Crippen LogP contribution in [-0.4, -0.2) is 21.4 Å². The second-order valence-corrected chi connectivity index (χ2v) is 2.71. The van der Waals surface area contributed by atoms with Gasteiger partial charge in [-0.05, 0) is 6.92 Å². The van der Waals surface area contributed by atoms with Gasteiger partial charge in [-0.2, -0.15) is 0 Å². The molecule has 1 N–H and O–H groups in total. The van der Waals surface area contributed by atoms with Gasteiger partial charge in [0, 0.05) is 11.2 Å². The largest absolute Gasteiger partial charge is 0.481 e. The summed E-state index contributed by atoms with van der Waals surface area (Å²) in [5, 5.41) is 15.5. The van der Waals surface area contributed by atoms with E-state index < -0.39 is 5.97 Å². The van der Waals surface area contributed by atoms with Gasteiger partial charge in [-0.25, -0.2) is 0 Å². The molecule has 0 saturated carbocycles. The molecular formula is C7H10N2O3. The molecule has 5 heteroatoms. The first-order valence-electron chi connectivity index (χ1n) is 3.62. The summed E-state index contributed by atoms with van der Waals surface area (Å²) in [6.07, 6.45) is 0.0506. The highest BCUT2D eigenvalue weighted by molar-refractivity contribution is 5.67. The van der Waals surface area contributed by atoms with E-state index in [1.807, 2.05) is 0 Å². The third-order valence-corrected chi connectivity index (χ3v) is 1.63. The number of aliphatic carboxylic acids is 1. The molecule has 0 amide bonds. The number of aryl methyl sites for hydroxylation is 1. The summed E-state index contributed by atoms with van der Waals surface area (Å²) in [6, 6.07) is 0. The number of nitrogens with zero attached hydrogens (tertiary/aromatic N) is 2. The van der Waals surface area contributed by atoms with Crippen LogP contribution in [0.15, 0.2) is 4.52 Å². The van der Waals surface area contributed by atoms with Crippen molar-refractivity contribution in [2.45, 2.75) is 26.2 Å². The summed E-state index contributed by atoms with van der Waals surface area (Å²) in [5.74, 6) is -0.401. The molecule has 0 aliphatic rings. The van der Waals surface area contributed by atoms with Crippen molar-refractivity contribution in [2.24, 2.45) is 0 Å². The van der Waals surface area contributed by atoms with Crippen molar-refractivity contribution < 1.29 is 14.4 Å². The van der Waals surface area contributed by atoms with Crippen LogP contribution < -0.4 is 0 Å². The van der Waals surface area contributed by atoms with E-state index in [4.69, 9.17) is 9.63 Å². The molecule has 0 bridgehead atoms. The van der Waals surface area contributed by atoms with Crippen LogP contribution in [0, 0.1) is 6.92 Å². The van der Waals surface area contributed by atoms with E-state index in [1.165, 1.54) is 0 Å². The predicted octanol–water partition coefficient (Wildman–Crippen LogP) is 0.956. The predicted molar refractivity (Wildman–Crippen MR) is 39.7 cm³/mol. The molecule has 0 aliphatic carbocycles. The number of carboxylic acid groups (broad SMARTS) is 1. The maximum Gasteiger partial charge on any atom is 0.304 e. The van der Waals surface area contributed by atoms with E-state index in [9.17, 15) is 4.79 Å². The van der Waals surface area contributed by atoms with Crippen molar-refractivity contribution in [3.05, 3.63) is 11.5 Å². The van der Waals surface area contributed by atoms with Gasteiger partial charge in [0.1, 0.15) is 5.69 Å². The number of hydrogen-bond donors (Lipinski definition) is 1. The lowest BCUT2D eigenvalue weighted by atomic mass is 10.0. The number of carboxylic acids is 1. The molecule has 0 aliphatic heterocycles. The highest BCUT2D eigenvalue weighted by Crippen LogP contribution is 2.19. The Labute approximate surface area is 69.4 Å². The van der Waals surface area contributed by atoms with Gasteiger partial charge >= 0.3 is 5.97 Å². The van der Waals surface area contributed by atoms with Gasteiger partial charge in [-0.15, -0.1) is 5.10 Å². The summed E-state index contributed by atoms with van der Waals surface area (Å²) in [4.78, 5) is 10.3. The summed E-state index contributed by atoms with van der Waals surface area (Å²) < 4.78 is 4.71. The van der Waals surface area contributed by atoms with Gasteiger partial charge in [0.25, 0.3) is 0 Å². The standard InChI is InChI=1S/C7H10N2O3/c1-4(3-6(10)11)7-5(2)12-9-8-7/h4H,3H2,1-2H3,(H,10,11). The Kier molecular flexibility index (Phi) is 2.42. The van der Waals surface area contributed by atoms with Gasteiger partial charge < -0.3 is 9.63 Å². The first-order chi connectivity index (χ1) is 5.61. The minimum atomic E-state index is -0.843. The van der Waals surface area contributed by atoms with E-state index in [0.717, 1.165) is 0 Å². The van der Waals surface area contributed by atoms with Gasteiger partial charge in [0.2, 0.25) is 0 Å². The fourth-order valence-corrected chi connectivity index (χ4v) is 1.05. The minimum Gasteiger partial charge on any atom is -0.481 e. The zero-order valence-electron chi connectivity index (χ0n) is 6.94. The molecule has 0 aromatic carbocycles. The van der Waals surface area contributed by atoms with Gasteiger partial charge in [-0.3, -0.25) is 4.79 Å². The second kappa shape index (κ2) is 3.34. The molecule has 0 radical (unpaired) electrons. The number of rotatable bonds is 3. The van der Waals surface area contributed by atoms with E-state index >= 15 is 0 Å². The second-order valence-electron chi connectivity index (χ2n) is 2.71. The molecule has 1 aromatic heterocycles. The van der Waals surface area contributed by atoms with Crippen molar-refractivity contribution in [3.63, 3.8) is 0 Å². The average Bonchev–Trinajstić information content (AvgIpc) is 2.33. The topological polar surface area (TPSA) is 76.2 Å². The summed E-state index contributed by atoms with van der Waals surface area (Å²) in [6.45, 7) is 3.49. The Morgan fingerprint density at radius 2 is 2.42 bits per heavy atom. The molecule has 1 unspecified atom stereocenters. The summed E-state index contributed by atoms with van der Waals surface area (Å²) in [5.41, 5.74) is 0.623. The van der Waals surface area contributed by atoms with Crippen molar-refractivity contribution in [1.82, 2.24) is 10.4 Å². The highest BCUT2D eigenvalue weighted by Gasteiger charge is 2.16. The quantitative estimate of drug-likeness (QED) is 0.730. The molecule has 0 fully saturated rings. The monoisotopic (exact) mass is 170 g/mol. The van der Waals surface area contributed by atoms with Crippen molar-refractivity contribution in [3.8, 4) is 0 Å². The van der Waals surface area contributed by atoms with Crippen LogP contribution in [0.25, 0.3) is 0 Å². The number of hydrogen-bond acceptors (Lipinski definition) is 4. The molecule has 0 spiro atoms. The summed E-state index contributed by atoms with van der Waals surface area (Å²) in [7, 11) is 0. The van der Waals surface area contributed by atoms with Crippen LogP contribution >= 0.6 is 0 Å². The molecule has 1 rings (SSSR count). The maximum absolute atomic E-state index is 10.3. The maximum atomic E-state index is 10.3. The fourth-order valence-electron chi connectivity index (χ4n) is 1.05. The average molecular weight is 170 g/mol. The van der Waals surface area contributed by atoms with Crippen molar-refractivity contribution in [1.29, 1.82) is 0 Å². The molecule has 66 valence electrons. The third kappa shape index (κ3) is 1.81. The van der Waals surface area contributed by atoms with Gasteiger partial charge in [0.05, 0.1) is 6.42 Å². The van der Waals surface area contributed by atoms with Crippen LogP contribution in [0.3, 0.4) is 0 Å². The minimum absolute atomic E-state index is 0.0506. The Hall–Kier alpha value is -1.39. The van der Waals surface area contributed by atoms with E-state index in [1.54, 1.807) is 13.8 Å². The smallest absolute Gasteiger partial charge is 0.304 e. The lowest BCUT2D eigenvalue weighted by molar-refractivity contribution is -0.137. The van der Waals surface area contributed by atoms with E-state index in [0.29, 0.717) is 11.5 Å². The summed E-state index contributed by atoms with van der Waals surface area (Å²) >= 11 is 0. The molecule has 12 heavy (non-hydrogen) atoms.